The van der Waals surface area contributed by atoms with Gasteiger partial charge in [-0.25, -0.2) is 4.79 Å². The molecule has 1 saturated heterocycles. The van der Waals surface area contributed by atoms with Crippen LogP contribution in [0.25, 0.3) is 0 Å². The molecule has 1 unspecified atom stereocenters. The third kappa shape index (κ3) is 2.54. The second-order valence-corrected chi connectivity index (χ2v) is 3.43. The molecular formula is C9H12N2O4. The number of nitrogens with zero attached hydrogens (tertiary/aromatic N) is 1. The van der Waals surface area contributed by atoms with Gasteiger partial charge in [0.2, 0.25) is 0 Å². The molecule has 82 valence electrons. The number of carboxylic acids is 1. The van der Waals surface area contributed by atoms with Crippen molar-refractivity contribution in [3.05, 3.63) is 17.5 Å². The summed E-state index contributed by atoms with van der Waals surface area (Å²) in [6, 6.07) is 1.74. The van der Waals surface area contributed by atoms with E-state index in [4.69, 9.17) is 14.4 Å². The zero-order valence-electron chi connectivity index (χ0n) is 8.10. The molecule has 2 rings (SSSR count). The average molecular weight is 212 g/mol. The maximum absolute atomic E-state index is 10.5. The Morgan fingerprint density at radius 2 is 2.60 bits per heavy atom. The van der Waals surface area contributed by atoms with Gasteiger partial charge in [0.1, 0.15) is 0 Å². The number of carboxylic acid groups (broad SMARTS) is 1. The third-order valence-corrected chi connectivity index (χ3v) is 2.27. The first-order valence-corrected chi connectivity index (χ1v) is 4.76. The number of carbonyl (C=O) groups is 1. The summed E-state index contributed by atoms with van der Waals surface area (Å²) in [5.41, 5.74) is -0.0607. The first-order valence-electron chi connectivity index (χ1n) is 4.76. The first-order chi connectivity index (χ1) is 7.25. The van der Waals surface area contributed by atoms with Crippen molar-refractivity contribution in [2.45, 2.75) is 19.0 Å². The fraction of sp³-hybridized carbons (Fsp3) is 0.556. The van der Waals surface area contributed by atoms with Crippen LogP contribution in [0.1, 0.15) is 22.7 Å². The number of aromatic nitrogens is 1. The number of nitrogens with one attached hydrogen (secondary N) is 1. The van der Waals surface area contributed by atoms with Crippen LogP contribution in [0.15, 0.2) is 10.6 Å². The van der Waals surface area contributed by atoms with Gasteiger partial charge < -0.3 is 19.7 Å². The second-order valence-electron chi connectivity index (χ2n) is 3.43. The summed E-state index contributed by atoms with van der Waals surface area (Å²) in [7, 11) is 0. The minimum Gasteiger partial charge on any atom is -0.476 e. The highest BCUT2D eigenvalue weighted by Gasteiger charge is 2.16. The summed E-state index contributed by atoms with van der Waals surface area (Å²) in [6.45, 7) is 1.95. The molecule has 0 radical (unpaired) electrons. The first kappa shape index (κ1) is 10.1. The van der Waals surface area contributed by atoms with Gasteiger partial charge in [0.05, 0.1) is 13.2 Å². The third-order valence-electron chi connectivity index (χ3n) is 2.27. The highest BCUT2D eigenvalue weighted by Crippen LogP contribution is 2.07. The zero-order valence-corrected chi connectivity index (χ0v) is 8.10. The molecule has 1 aliphatic rings. The van der Waals surface area contributed by atoms with Crippen LogP contribution >= 0.6 is 0 Å². The predicted octanol–water partition coefficient (Wildman–Crippen LogP) is 0.251. The SMILES string of the molecule is O=C(O)c1cc(CNC2CCOC2)on1. The summed E-state index contributed by atoms with van der Waals surface area (Å²) in [5.74, 6) is -0.548. The van der Waals surface area contributed by atoms with Crippen molar-refractivity contribution >= 4 is 5.97 Å². The van der Waals surface area contributed by atoms with E-state index in [-0.39, 0.29) is 5.69 Å². The Balaban J connectivity index is 1.84. The van der Waals surface area contributed by atoms with Gasteiger partial charge in [0, 0.05) is 18.7 Å². The van der Waals surface area contributed by atoms with Crippen LogP contribution in [0.4, 0.5) is 0 Å². The van der Waals surface area contributed by atoms with Gasteiger partial charge in [-0.2, -0.15) is 0 Å². The average Bonchev–Trinajstić information content (AvgIpc) is 2.86. The van der Waals surface area contributed by atoms with E-state index in [0.717, 1.165) is 13.0 Å². The summed E-state index contributed by atoms with van der Waals surface area (Å²) >= 11 is 0. The van der Waals surface area contributed by atoms with Crippen LogP contribution in [0.3, 0.4) is 0 Å². The molecule has 0 bridgehead atoms. The zero-order chi connectivity index (χ0) is 10.7. The molecule has 0 saturated carbocycles. The van der Waals surface area contributed by atoms with Crippen molar-refractivity contribution in [2.75, 3.05) is 13.2 Å². The Labute approximate surface area is 86.2 Å². The Morgan fingerprint density at radius 3 is 3.20 bits per heavy atom. The Morgan fingerprint density at radius 1 is 1.73 bits per heavy atom. The van der Waals surface area contributed by atoms with Gasteiger partial charge >= 0.3 is 5.97 Å². The predicted molar refractivity (Wildman–Crippen MR) is 49.5 cm³/mol. The standard InChI is InChI=1S/C9H12N2O4/c12-9(13)8-3-7(15-11-8)4-10-6-1-2-14-5-6/h3,6,10H,1-2,4-5H2,(H,12,13). The molecule has 15 heavy (non-hydrogen) atoms. The molecule has 0 aromatic carbocycles. The lowest BCUT2D eigenvalue weighted by Crippen LogP contribution is -2.28. The Bertz CT molecular complexity index is 344. The van der Waals surface area contributed by atoms with E-state index in [0.29, 0.717) is 25.0 Å². The van der Waals surface area contributed by atoms with Crippen molar-refractivity contribution < 1.29 is 19.2 Å². The van der Waals surface area contributed by atoms with Crippen molar-refractivity contribution in [1.29, 1.82) is 0 Å². The summed E-state index contributed by atoms with van der Waals surface area (Å²) in [6.07, 6.45) is 0.972. The number of aromatic carboxylic acids is 1. The molecule has 1 aliphatic heterocycles. The van der Waals surface area contributed by atoms with Gasteiger partial charge in [0.15, 0.2) is 11.5 Å². The monoisotopic (exact) mass is 212 g/mol. The van der Waals surface area contributed by atoms with E-state index in [1.807, 2.05) is 0 Å². The van der Waals surface area contributed by atoms with Crippen molar-refractivity contribution in [3.63, 3.8) is 0 Å². The van der Waals surface area contributed by atoms with Crippen molar-refractivity contribution in [1.82, 2.24) is 10.5 Å². The van der Waals surface area contributed by atoms with Gasteiger partial charge in [0.25, 0.3) is 0 Å². The number of ether oxygens (including phenoxy) is 1. The molecule has 2 N–H and O–H groups in total. The minimum absolute atomic E-state index is 0.0607. The quantitative estimate of drug-likeness (QED) is 0.744. The van der Waals surface area contributed by atoms with Crippen LogP contribution in [0, 0.1) is 0 Å². The molecule has 0 aliphatic carbocycles. The summed E-state index contributed by atoms with van der Waals surface area (Å²) in [5, 5.41) is 15.2. The fourth-order valence-electron chi connectivity index (χ4n) is 1.44. The minimum atomic E-state index is -1.07. The topological polar surface area (TPSA) is 84.6 Å². The van der Waals surface area contributed by atoms with Gasteiger partial charge in [-0.1, -0.05) is 5.16 Å². The van der Waals surface area contributed by atoms with Crippen LogP contribution < -0.4 is 5.32 Å². The van der Waals surface area contributed by atoms with E-state index >= 15 is 0 Å². The van der Waals surface area contributed by atoms with Crippen LogP contribution in [-0.2, 0) is 11.3 Å². The van der Waals surface area contributed by atoms with Crippen LogP contribution in [0.5, 0.6) is 0 Å². The molecule has 6 nitrogen and oxygen atoms in total. The lowest BCUT2D eigenvalue weighted by atomic mass is 10.2. The summed E-state index contributed by atoms with van der Waals surface area (Å²) in [4.78, 5) is 10.5. The van der Waals surface area contributed by atoms with E-state index in [2.05, 4.69) is 10.5 Å². The number of rotatable bonds is 4. The van der Waals surface area contributed by atoms with Crippen molar-refractivity contribution in [2.24, 2.45) is 0 Å². The van der Waals surface area contributed by atoms with E-state index < -0.39 is 5.97 Å². The Hall–Kier alpha value is -1.40. The normalized spacial score (nSPS) is 20.7. The van der Waals surface area contributed by atoms with Crippen molar-refractivity contribution in [3.8, 4) is 0 Å². The summed E-state index contributed by atoms with van der Waals surface area (Å²) < 4.78 is 10.0. The molecule has 1 atom stereocenters. The lowest BCUT2D eigenvalue weighted by molar-refractivity contribution is 0.0685. The van der Waals surface area contributed by atoms with Crippen LogP contribution in [0.2, 0.25) is 0 Å². The highest BCUT2D eigenvalue weighted by molar-refractivity contribution is 5.85. The maximum Gasteiger partial charge on any atom is 0.358 e. The number of hydrogen-bond acceptors (Lipinski definition) is 5. The highest BCUT2D eigenvalue weighted by atomic mass is 16.5. The molecule has 6 heteroatoms. The van der Waals surface area contributed by atoms with Gasteiger partial charge in [-0.15, -0.1) is 0 Å². The molecule has 1 aromatic rings. The molecular weight excluding hydrogens is 200 g/mol. The molecule has 0 amide bonds. The molecule has 2 heterocycles. The van der Waals surface area contributed by atoms with E-state index in [1.165, 1.54) is 6.07 Å². The molecule has 1 fully saturated rings. The van der Waals surface area contributed by atoms with Gasteiger partial charge in [-0.05, 0) is 6.42 Å². The fourth-order valence-corrected chi connectivity index (χ4v) is 1.44. The Kier molecular flexibility index (Phi) is 2.98. The second kappa shape index (κ2) is 4.41. The lowest BCUT2D eigenvalue weighted by Gasteiger charge is -2.07. The van der Waals surface area contributed by atoms with E-state index in [1.54, 1.807) is 0 Å². The van der Waals surface area contributed by atoms with Crippen LogP contribution in [-0.4, -0.2) is 35.5 Å². The number of hydrogen-bond donors (Lipinski definition) is 2. The largest absolute Gasteiger partial charge is 0.476 e. The maximum atomic E-state index is 10.5. The smallest absolute Gasteiger partial charge is 0.358 e. The van der Waals surface area contributed by atoms with Gasteiger partial charge in [-0.3, -0.25) is 0 Å². The van der Waals surface area contributed by atoms with E-state index in [9.17, 15) is 4.79 Å². The molecule has 1 aromatic heterocycles. The molecule has 0 spiro atoms.